The van der Waals surface area contributed by atoms with E-state index in [1.165, 1.54) is 44.1 Å². The molecular weight excluding hydrogens is 358 g/mol. The van der Waals surface area contributed by atoms with Crippen molar-refractivity contribution in [2.75, 3.05) is 6.61 Å². The summed E-state index contributed by atoms with van der Waals surface area (Å²) in [5.41, 5.74) is 1.96. The molecule has 1 fully saturated rings. The van der Waals surface area contributed by atoms with E-state index in [0.29, 0.717) is 36.5 Å². The van der Waals surface area contributed by atoms with Crippen LogP contribution in [0.4, 0.5) is 8.78 Å². The van der Waals surface area contributed by atoms with Gasteiger partial charge in [0, 0.05) is 0 Å². The van der Waals surface area contributed by atoms with Crippen LogP contribution in [0.2, 0.25) is 0 Å². The van der Waals surface area contributed by atoms with E-state index >= 15 is 0 Å². The molecular formula is C24H34F2O2. The maximum absolute atomic E-state index is 14.3. The highest BCUT2D eigenvalue weighted by atomic mass is 19.2. The molecule has 0 saturated heterocycles. The SMILES string of the molecule is CCCC1CCC(C2CCC(CCc3ccc(OCC)c(F)c3F)CC2)=CO1. The summed E-state index contributed by atoms with van der Waals surface area (Å²) in [6, 6.07) is 3.22. The van der Waals surface area contributed by atoms with Crippen LogP contribution in [0, 0.1) is 23.5 Å². The van der Waals surface area contributed by atoms with E-state index in [1.54, 1.807) is 19.1 Å². The van der Waals surface area contributed by atoms with Crippen LogP contribution in [0.3, 0.4) is 0 Å². The molecule has 2 nitrogen and oxygen atoms in total. The number of allylic oxidation sites excluding steroid dienone is 1. The molecule has 28 heavy (non-hydrogen) atoms. The third kappa shape index (κ3) is 5.27. The molecule has 3 rings (SSSR count). The minimum Gasteiger partial charge on any atom is -0.498 e. The van der Waals surface area contributed by atoms with Gasteiger partial charge in [0.05, 0.1) is 19.0 Å². The van der Waals surface area contributed by atoms with Gasteiger partial charge in [-0.25, -0.2) is 4.39 Å². The van der Waals surface area contributed by atoms with Gasteiger partial charge in [-0.3, -0.25) is 0 Å². The van der Waals surface area contributed by atoms with E-state index in [0.717, 1.165) is 19.3 Å². The first kappa shape index (κ1) is 21.1. The zero-order valence-corrected chi connectivity index (χ0v) is 17.3. The normalized spacial score (nSPS) is 25.1. The monoisotopic (exact) mass is 392 g/mol. The molecule has 1 aliphatic carbocycles. The van der Waals surface area contributed by atoms with Gasteiger partial charge in [-0.1, -0.05) is 19.4 Å². The zero-order valence-electron chi connectivity index (χ0n) is 17.3. The Morgan fingerprint density at radius 2 is 1.79 bits per heavy atom. The number of aryl methyl sites for hydroxylation is 1. The lowest BCUT2D eigenvalue weighted by molar-refractivity contribution is 0.104. The van der Waals surface area contributed by atoms with Crippen molar-refractivity contribution in [2.45, 2.75) is 84.2 Å². The Kier molecular flexibility index (Phi) is 7.75. The fraction of sp³-hybridized carbons (Fsp3) is 0.667. The number of hydrogen-bond acceptors (Lipinski definition) is 2. The van der Waals surface area contributed by atoms with Gasteiger partial charge >= 0.3 is 0 Å². The average Bonchev–Trinajstić information content (AvgIpc) is 2.72. The van der Waals surface area contributed by atoms with Crippen molar-refractivity contribution in [3.63, 3.8) is 0 Å². The van der Waals surface area contributed by atoms with Gasteiger partial charge in [-0.2, -0.15) is 4.39 Å². The van der Waals surface area contributed by atoms with Crippen molar-refractivity contribution < 1.29 is 18.3 Å². The lowest BCUT2D eigenvalue weighted by Gasteiger charge is -2.33. The number of ether oxygens (including phenoxy) is 2. The standard InChI is InChI=1S/C24H34F2O2/c1-3-5-21-14-12-20(16-28-21)18-9-6-17(7-10-18)8-11-19-13-15-22(27-4-2)24(26)23(19)25/h13,15-18,21H,3-12,14H2,1-2H3. The Balaban J connectivity index is 1.46. The fourth-order valence-corrected chi connectivity index (χ4v) is 4.69. The summed E-state index contributed by atoms with van der Waals surface area (Å²) in [5.74, 6) is -0.338. The van der Waals surface area contributed by atoms with Crippen LogP contribution < -0.4 is 4.74 Å². The zero-order chi connectivity index (χ0) is 19.9. The maximum Gasteiger partial charge on any atom is 0.200 e. The molecule has 0 N–H and O–H groups in total. The van der Waals surface area contributed by atoms with Gasteiger partial charge in [0.1, 0.15) is 0 Å². The topological polar surface area (TPSA) is 18.5 Å². The van der Waals surface area contributed by atoms with Crippen molar-refractivity contribution in [1.82, 2.24) is 0 Å². The Morgan fingerprint density at radius 1 is 1.00 bits per heavy atom. The smallest absolute Gasteiger partial charge is 0.200 e. The Hall–Kier alpha value is -1.58. The number of rotatable bonds is 8. The Labute approximate surface area is 168 Å². The minimum atomic E-state index is -0.853. The molecule has 4 heteroatoms. The van der Waals surface area contributed by atoms with Gasteiger partial charge in [-0.05, 0) is 93.7 Å². The van der Waals surface area contributed by atoms with Crippen LogP contribution >= 0.6 is 0 Å². The van der Waals surface area contributed by atoms with E-state index in [-0.39, 0.29) is 5.75 Å². The lowest BCUT2D eigenvalue weighted by atomic mass is 9.75. The van der Waals surface area contributed by atoms with Gasteiger partial charge in [0.15, 0.2) is 11.6 Å². The molecule has 1 unspecified atom stereocenters. The van der Waals surface area contributed by atoms with E-state index in [4.69, 9.17) is 9.47 Å². The van der Waals surface area contributed by atoms with Gasteiger partial charge in [0.25, 0.3) is 0 Å². The summed E-state index contributed by atoms with van der Waals surface area (Å²) in [6.45, 7) is 4.30. The van der Waals surface area contributed by atoms with Crippen molar-refractivity contribution in [3.8, 4) is 5.75 Å². The van der Waals surface area contributed by atoms with Crippen LogP contribution in [0.25, 0.3) is 0 Å². The first-order valence-corrected chi connectivity index (χ1v) is 11.1. The van der Waals surface area contributed by atoms with E-state index in [9.17, 15) is 8.78 Å². The second kappa shape index (κ2) is 10.3. The summed E-state index contributed by atoms with van der Waals surface area (Å²) < 4.78 is 39.3. The average molecular weight is 393 g/mol. The number of benzene rings is 1. The van der Waals surface area contributed by atoms with E-state index in [1.807, 2.05) is 6.26 Å². The first-order valence-electron chi connectivity index (χ1n) is 11.1. The molecule has 1 heterocycles. The fourth-order valence-electron chi connectivity index (χ4n) is 4.69. The van der Waals surface area contributed by atoms with Crippen LogP contribution in [0.1, 0.15) is 77.2 Å². The maximum atomic E-state index is 14.3. The minimum absolute atomic E-state index is 0.00779. The molecule has 0 spiro atoms. The van der Waals surface area contributed by atoms with Crippen LogP contribution in [0.5, 0.6) is 5.75 Å². The van der Waals surface area contributed by atoms with Crippen LogP contribution in [-0.2, 0) is 11.2 Å². The lowest BCUT2D eigenvalue weighted by Crippen LogP contribution is -2.21. The molecule has 156 valence electrons. The summed E-state index contributed by atoms with van der Waals surface area (Å²) in [4.78, 5) is 0. The Morgan fingerprint density at radius 3 is 2.43 bits per heavy atom. The third-order valence-electron chi connectivity index (χ3n) is 6.40. The molecule has 0 bridgehead atoms. The largest absolute Gasteiger partial charge is 0.498 e. The molecule has 2 aliphatic rings. The van der Waals surface area contributed by atoms with Gasteiger partial charge < -0.3 is 9.47 Å². The summed E-state index contributed by atoms with van der Waals surface area (Å²) >= 11 is 0. The van der Waals surface area contributed by atoms with E-state index in [2.05, 4.69) is 6.92 Å². The quantitative estimate of drug-likeness (QED) is 0.476. The second-order valence-corrected chi connectivity index (χ2v) is 8.32. The van der Waals surface area contributed by atoms with Crippen molar-refractivity contribution in [2.24, 2.45) is 11.8 Å². The third-order valence-corrected chi connectivity index (χ3v) is 6.40. The van der Waals surface area contributed by atoms with Gasteiger partial charge in [-0.15, -0.1) is 0 Å². The predicted molar refractivity (Wildman–Crippen MR) is 108 cm³/mol. The number of hydrogen-bond donors (Lipinski definition) is 0. The van der Waals surface area contributed by atoms with Crippen LogP contribution in [0.15, 0.2) is 24.0 Å². The molecule has 1 aromatic carbocycles. The van der Waals surface area contributed by atoms with Crippen LogP contribution in [-0.4, -0.2) is 12.7 Å². The highest BCUT2D eigenvalue weighted by molar-refractivity contribution is 5.31. The Bertz CT molecular complexity index is 663. The highest BCUT2D eigenvalue weighted by Gasteiger charge is 2.27. The van der Waals surface area contributed by atoms with E-state index < -0.39 is 11.6 Å². The number of halogens is 2. The van der Waals surface area contributed by atoms with Gasteiger partial charge in [0.2, 0.25) is 5.82 Å². The van der Waals surface area contributed by atoms with Crippen molar-refractivity contribution in [1.29, 1.82) is 0 Å². The summed E-state index contributed by atoms with van der Waals surface area (Å²) in [7, 11) is 0. The summed E-state index contributed by atoms with van der Waals surface area (Å²) in [5, 5.41) is 0. The predicted octanol–water partition coefficient (Wildman–Crippen LogP) is 6.97. The first-order chi connectivity index (χ1) is 13.6. The molecule has 1 aromatic rings. The van der Waals surface area contributed by atoms with Crippen molar-refractivity contribution in [3.05, 3.63) is 41.2 Å². The molecule has 0 radical (unpaired) electrons. The molecule has 0 aromatic heterocycles. The molecule has 0 amide bonds. The van der Waals surface area contributed by atoms with Crippen molar-refractivity contribution >= 4 is 0 Å². The molecule has 1 aliphatic heterocycles. The molecule has 1 atom stereocenters. The molecule has 1 saturated carbocycles. The highest BCUT2D eigenvalue weighted by Crippen LogP contribution is 2.39. The second-order valence-electron chi connectivity index (χ2n) is 8.32. The summed E-state index contributed by atoms with van der Waals surface area (Å²) in [6.07, 6.45) is 13.4.